The molecular formula is C14H19NO5. The number of benzene rings is 1. The van der Waals surface area contributed by atoms with E-state index in [4.69, 9.17) is 14.6 Å². The first-order valence-electron chi connectivity index (χ1n) is 6.31. The average molecular weight is 281 g/mol. The molecule has 0 spiro atoms. The lowest BCUT2D eigenvalue weighted by Gasteiger charge is -2.10. The number of aliphatic carboxylic acids is 1. The van der Waals surface area contributed by atoms with Crippen LogP contribution in [0.5, 0.6) is 11.5 Å². The van der Waals surface area contributed by atoms with Gasteiger partial charge in [-0.25, -0.2) is 0 Å². The zero-order valence-electron chi connectivity index (χ0n) is 11.6. The summed E-state index contributed by atoms with van der Waals surface area (Å²) in [6.45, 7) is 4.05. The van der Waals surface area contributed by atoms with E-state index in [1.807, 2.05) is 13.8 Å². The summed E-state index contributed by atoms with van der Waals surface area (Å²) in [4.78, 5) is 21.6. The number of nitrogens with one attached hydrogen (secondary N) is 1. The first kappa shape index (κ1) is 15.8. The fourth-order valence-electron chi connectivity index (χ4n) is 1.29. The van der Waals surface area contributed by atoms with Crippen molar-refractivity contribution in [1.29, 1.82) is 0 Å². The highest BCUT2D eigenvalue weighted by atomic mass is 16.5. The van der Waals surface area contributed by atoms with Gasteiger partial charge in [-0.1, -0.05) is 19.9 Å². The Morgan fingerprint density at radius 2 is 1.90 bits per heavy atom. The Labute approximate surface area is 117 Å². The quantitative estimate of drug-likeness (QED) is 0.750. The van der Waals surface area contributed by atoms with E-state index in [1.165, 1.54) is 0 Å². The van der Waals surface area contributed by atoms with Crippen molar-refractivity contribution in [3.8, 4) is 11.5 Å². The maximum absolute atomic E-state index is 11.3. The van der Waals surface area contributed by atoms with Crippen LogP contribution in [0.4, 0.5) is 0 Å². The van der Waals surface area contributed by atoms with Crippen molar-refractivity contribution >= 4 is 11.9 Å². The van der Waals surface area contributed by atoms with Gasteiger partial charge in [-0.15, -0.1) is 0 Å². The highest BCUT2D eigenvalue weighted by Gasteiger charge is 2.05. The number of carbonyl (C=O) groups is 2. The number of amides is 1. The third kappa shape index (κ3) is 6.63. The minimum Gasteiger partial charge on any atom is -0.493 e. The summed E-state index contributed by atoms with van der Waals surface area (Å²) in [7, 11) is 0. The molecule has 6 heteroatoms. The lowest BCUT2D eigenvalue weighted by Crippen LogP contribution is -2.33. The molecule has 0 fully saturated rings. The topological polar surface area (TPSA) is 84.9 Å². The van der Waals surface area contributed by atoms with Gasteiger partial charge in [0.1, 0.15) is 18.0 Å². The number of hydrogen-bond donors (Lipinski definition) is 2. The van der Waals surface area contributed by atoms with E-state index < -0.39 is 18.4 Å². The zero-order valence-corrected chi connectivity index (χ0v) is 11.6. The molecule has 0 bridgehead atoms. The smallest absolute Gasteiger partial charge is 0.322 e. The molecule has 1 aromatic carbocycles. The third-order valence-electron chi connectivity index (χ3n) is 2.20. The molecule has 0 atom stereocenters. The van der Waals surface area contributed by atoms with Gasteiger partial charge in [-0.2, -0.15) is 0 Å². The van der Waals surface area contributed by atoms with Crippen LogP contribution in [-0.2, 0) is 9.59 Å². The zero-order chi connectivity index (χ0) is 15.0. The predicted molar refractivity (Wildman–Crippen MR) is 72.9 cm³/mol. The van der Waals surface area contributed by atoms with Gasteiger partial charge in [-0.3, -0.25) is 9.59 Å². The largest absolute Gasteiger partial charge is 0.493 e. The molecule has 0 unspecified atom stereocenters. The van der Waals surface area contributed by atoms with Crippen molar-refractivity contribution < 1.29 is 24.2 Å². The summed E-state index contributed by atoms with van der Waals surface area (Å²) < 4.78 is 10.8. The second-order valence-corrected chi connectivity index (χ2v) is 4.64. The Balaban J connectivity index is 2.41. The maximum Gasteiger partial charge on any atom is 0.322 e. The summed E-state index contributed by atoms with van der Waals surface area (Å²) in [5.41, 5.74) is 0. The van der Waals surface area contributed by atoms with E-state index >= 15 is 0 Å². The highest BCUT2D eigenvalue weighted by Crippen LogP contribution is 2.19. The molecule has 0 heterocycles. The number of rotatable bonds is 8. The van der Waals surface area contributed by atoms with E-state index in [0.29, 0.717) is 24.0 Å². The molecule has 0 aliphatic heterocycles. The van der Waals surface area contributed by atoms with E-state index in [0.717, 1.165) is 0 Å². The monoisotopic (exact) mass is 281 g/mol. The van der Waals surface area contributed by atoms with E-state index in [9.17, 15) is 9.59 Å². The molecular weight excluding hydrogens is 262 g/mol. The van der Waals surface area contributed by atoms with E-state index in [1.54, 1.807) is 24.3 Å². The molecule has 0 aromatic heterocycles. The van der Waals surface area contributed by atoms with E-state index in [2.05, 4.69) is 5.32 Å². The SMILES string of the molecule is CC(C)COc1cccc(OCC(=O)NCC(=O)O)c1. The van der Waals surface area contributed by atoms with Crippen LogP contribution in [0.3, 0.4) is 0 Å². The molecule has 110 valence electrons. The minimum atomic E-state index is -1.09. The summed E-state index contributed by atoms with van der Waals surface area (Å²) >= 11 is 0. The second kappa shape index (κ2) is 8.04. The summed E-state index contributed by atoms with van der Waals surface area (Å²) in [6.07, 6.45) is 0. The van der Waals surface area contributed by atoms with Crippen LogP contribution in [0, 0.1) is 5.92 Å². The fraction of sp³-hybridized carbons (Fsp3) is 0.429. The maximum atomic E-state index is 11.3. The molecule has 0 aliphatic carbocycles. The van der Waals surface area contributed by atoms with Gasteiger partial charge in [0.2, 0.25) is 0 Å². The van der Waals surface area contributed by atoms with Crippen LogP contribution in [0.25, 0.3) is 0 Å². The number of ether oxygens (including phenoxy) is 2. The van der Waals surface area contributed by atoms with Crippen molar-refractivity contribution in [2.75, 3.05) is 19.8 Å². The Kier molecular flexibility index (Phi) is 6.36. The van der Waals surface area contributed by atoms with Gasteiger partial charge >= 0.3 is 5.97 Å². The first-order valence-corrected chi connectivity index (χ1v) is 6.31. The van der Waals surface area contributed by atoms with Gasteiger partial charge in [-0.05, 0) is 18.1 Å². The first-order chi connectivity index (χ1) is 9.47. The fourth-order valence-corrected chi connectivity index (χ4v) is 1.29. The van der Waals surface area contributed by atoms with Crippen LogP contribution in [-0.4, -0.2) is 36.7 Å². The normalized spacial score (nSPS) is 10.2. The Morgan fingerprint density at radius 3 is 2.50 bits per heavy atom. The van der Waals surface area contributed by atoms with Gasteiger partial charge in [0.15, 0.2) is 6.61 Å². The Morgan fingerprint density at radius 1 is 1.25 bits per heavy atom. The average Bonchev–Trinajstić information content (AvgIpc) is 2.41. The van der Waals surface area contributed by atoms with Crippen LogP contribution < -0.4 is 14.8 Å². The van der Waals surface area contributed by atoms with Crippen molar-refractivity contribution in [3.05, 3.63) is 24.3 Å². The number of carboxylic acids is 1. The van der Waals surface area contributed by atoms with Crippen molar-refractivity contribution in [2.24, 2.45) is 5.92 Å². The highest BCUT2D eigenvalue weighted by molar-refractivity contribution is 5.82. The molecule has 6 nitrogen and oxygen atoms in total. The molecule has 0 radical (unpaired) electrons. The van der Waals surface area contributed by atoms with Crippen LogP contribution in [0.15, 0.2) is 24.3 Å². The van der Waals surface area contributed by atoms with Gasteiger partial charge in [0, 0.05) is 6.07 Å². The van der Waals surface area contributed by atoms with Crippen LogP contribution >= 0.6 is 0 Å². The van der Waals surface area contributed by atoms with Crippen molar-refractivity contribution in [2.45, 2.75) is 13.8 Å². The van der Waals surface area contributed by atoms with Crippen LogP contribution in [0.1, 0.15) is 13.8 Å². The lowest BCUT2D eigenvalue weighted by molar-refractivity contribution is -0.138. The molecule has 1 aromatic rings. The Bertz CT molecular complexity index is 459. The summed E-state index contributed by atoms with van der Waals surface area (Å²) in [5.74, 6) is 0.00332. The molecule has 0 saturated heterocycles. The molecule has 1 rings (SSSR count). The molecule has 20 heavy (non-hydrogen) atoms. The summed E-state index contributed by atoms with van der Waals surface area (Å²) in [6, 6.07) is 6.96. The number of carbonyl (C=O) groups excluding carboxylic acids is 1. The minimum absolute atomic E-state index is 0.235. The summed E-state index contributed by atoms with van der Waals surface area (Å²) in [5, 5.41) is 10.6. The molecule has 1 amide bonds. The second-order valence-electron chi connectivity index (χ2n) is 4.64. The van der Waals surface area contributed by atoms with E-state index in [-0.39, 0.29) is 6.61 Å². The van der Waals surface area contributed by atoms with Gasteiger partial charge < -0.3 is 19.9 Å². The molecule has 0 aliphatic rings. The van der Waals surface area contributed by atoms with Gasteiger partial charge in [0.05, 0.1) is 6.61 Å². The number of hydrogen-bond acceptors (Lipinski definition) is 4. The molecule has 2 N–H and O–H groups in total. The standard InChI is InChI=1S/C14H19NO5/c1-10(2)8-19-11-4-3-5-12(6-11)20-9-13(16)15-7-14(17)18/h3-6,10H,7-9H2,1-2H3,(H,15,16)(H,17,18). The third-order valence-corrected chi connectivity index (χ3v) is 2.20. The van der Waals surface area contributed by atoms with Crippen molar-refractivity contribution in [3.63, 3.8) is 0 Å². The lowest BCUT2D eigenvalue weighted by atomic mass is 10.2. The van der Waals surface area contributed by atoms with Gasteiger partial charge in [0.25, 0.3) is 5.91 Å². The predicted octanol–water partition coefficient (Wildman–Crippen LogP) is 1.30. The number of carboxylic acid groups (broad SMARTS) is 1. The van der Waals surface area contributed by atoms with Crippen LogP contribution in [0.2, 0.25) is 0 Å². The van der Waals surface area contributed by atoms with Crippen molar-refractivity contribution in [1.82, 2.24) is 5.32 Å². The molecule has 0 saturated carbocycles. The Hall–Kier alpha value is -2.24.